The number of benzene rings is 1. The molecule has 1 fully saturated rings. The summed E-state index contributed by atoms with van der Waals surface area (Å²) in [6.07, 6.45) is -4.34. The first-order valence-electron chi connectivity index (χ1n) is 8.62. The monoisotopic (exact) mass is 382 g/mol. The third-order valence-corrected chi connectivity index (χ3v) is 4.48. The van der Waals surface area contributed by atoms with Gasteiger partial charge in [-0.25, -0.2) is 0 Å². The molecule has 27 heavy (non-hydrogen) atoms. The number of methoxy groups -OCH3 is 1. The molecule has 1 aromatic carbocycles. The second-order valence-corrected chi connectivity index (χ2v) is 6.47. The predicted octanol–water partition coefficient (Wildman–Crippen LogP) is 3.40. The van der Waals surface area contributed by atoms with Crippen molar-refractivity contribution in [1.29, 1.82) is 0 Å². The molecular formula is C19H21F3N2O3. The Hall–Kier alpha value is -2.32. The van der Waals surface area contributed by atoms with E-state index in [1.54, 1.807) is 30.2 Å². The Kier molecular flexibility index (Phi) is 5.86. The second-order valence-electron chi connectivity index (χ2n) is 6.47. The van der Waals surface area contributed by atoms with Crippen molar-refractivity contribution in [2.24, 2.45) is 0 Å². The van der Waals surface area contributed by atoms with Gasteiger partial charge >= 0.3 is 6.18 Å². The molecule has 0 atom stereocenters. The zero-order valence-corrected chi connectivity index (χ0v) is 15.0. The van der Waals surface area contributed by atoms with Crippen molar-refractivity contribution >= 4 is 5.91 Å². The van der Waals surface area contributed by atoms with Crippen LogP contribution in [0.5, 0.6) is 0 Å². The van der Waals surface area contributed by atoms with Gasteiger partial charge in [0, 0.05) is 39.8 Å². The average Bonchev–Trinajstić information content (AvgIpc) is 3.10. The summed E-state index contributed by atoms with van der Waals surface area (Å²) in [5.74, 6) is 0.675. The molecule has 0 N–H and O–H groups in total. The molecule has 1 aliphatic heterocycles. The summed E-state index contributed by atoms with van der Waals surface area (Å²) in [6, 6.07) is 8.70. The van der Waals surface area contributed by atoms with Crippen LogP contribution in [0.4, 0.5) is 13.2 Å². The highest BCUT2D eigenvalue weighted by molar-refractivity contribution is 5.91. The Morgan fingerprint density at radius 3 is 2.56 bits per heavy atom. The highest BCUT2D eigenvalue weighted by Crippen LogP contribution is 2.29. The van der Waals surface area contributed by atoms with E-state index in [0.29, 0.717) is 50.7 Å². The Morgan fingerprint density at radius 1 is 1.15 bits per heavy atom. The van der Waals surface area contributed by atoms with E-state index in [1.807, 2.05) is 4.90 Å². The summed E-state index contributed by atoms with van der Waals surface area (Å²) in [4.78, 5) is 16.2. The SMILES string of the molecule is COCc1ccc(C(=O)N2CCN(Cc3cccc(C(F)(F)F)c3)CC2)o1. The molecular weight excluding hydrogens is 361 g/mol. The molecule has 0 bridgehead atoms. The number of carbonyl (C=O) groups excluding carboxylic acids is 1. The minimum absolute atomic E-state index is 0.184. The maximum atomic E-state index is 12.8. The topological polar surface area (TPSA) is 45.9 Å². The van der Waals surface area contributed by atoms with Crippen molar-refractivity contribution in [3.63, 3.8) is 0 Å². The van der Waals surface area contributed by atoms with Crippen LogP contribution >= 0.6 is 0 Å². The van der Waals surface area contributed by atoms with Gasteiger partial charge in [-0.15, -0.1) is 0 Å². The Labute approximate surface area is 155 Å². The minimum atomic E-state index is -4.34. The molecule has 146 valence electrons. The molecule has 8 heteroatoms. The van der Waals surface area contributed by atoms with Gasteiger partial charge < -0.3 is 14.1 Å². The van der Waals surface area contributed by atoms with E-state index < -0.39 is 11.7 Å². The Balaban J connectivity index is 1.55. The summed E-state index contributed by atoms with van der Waals surface area (Å²) < 4.78 is 48.9. The normalized spacial score (nSPS) is 15.9. The second kappa shape index (κ2) is 8.14. The van der Waals surface area contributed by atoms with Gasteiger partial charge in [-0.1, -0.05) is 18.2 Å². The molecule has 0 unspecified atom stereocenters. The van der Waals surface area contributed by atoms with E-state index in [0.717, 1.165) is 6.07 Å². The highest BCUT2D eigenvalue weighted by atomic mass is 19.4. The average molecular weight is 382 g/mol. The smallest absolute Gasteiger partial charge is 0.416 e. The zero-order valence-electron chi connectivity index (χ0n) is 15.0. The molecule has 1 aromatic heterocycles. The van der Waals surface area contributed by atoms with E-state index in [9.17, 15) is 18.0 Å². The summed E-state index contributed by atoms with van der Waals surface area (Å²) in [6.45, 7) is 2.90. The number of halogens is 3. The lowest BCUT2D eigenvalue weighted by Gasteiger charge is -2.34. The van der Waals surface area contributed by atoms with Crippen molar-refractivity contribution < 1.29 is 27.1 Å². The largest absolute Gasteiger partial charge is 0.453 e. The third kappa shape index (κ3) is 4.90. The Bertz CT molecular complexity index is 781. The van der Waals surface area contributed by atoms with Gasteiger partial charge in [0.2, 0.25) is 0 Å². The lowest BCUT2D eigenvalue weighted by molar-refractivity contribution is -0.137. The number of rotatable bonds is 5. The molecule has 1 aliphatic rings. The fraction of sp³-hybridized carbons (Fsp3) is 0.421. The molecule has 0 spiro atoms. The van der Waals surface area contributed by atoms with Crippen LogP contribution in [0.3, 0.4) is 0 Å². The van der Waals surface area contributed by atoms with E-state index in [1.165, 1.54) is 12.1 Å². The molecule has 1 amide bonds. The van der Waals surface area contributed by atoms with Crippen molar-refractivity contribution in [2.45, 2.75) is 19.3 Å². The van der Waals surface area contributed by atoms with Crippen LogP contribution in [0.2, 0.25) is 0 Å². The summed E-state index contributed by atoms with van der Waals surface area (Å²) in [5, 5.41) is 0. The van der Waals surface area contributed by atoms with Crippen LogP contribution in [0.25, 0.3) is 0 Å². The van der Waals surface area contributed by atoms with Crippen molar-refractivity contribution in [1.82, 2.24) is 9.80 Å². The number of amides is 1. The number of furan rings is 1. The maximum absolute atomic E-state index is 12.8. The van der Waals surface area contributed by atoms with Crippen LogP contribution < -0.4 is 0 Å². The maximum Gasteiger partial charge on any atom is 0.416 e. The van der Waals surface area contributed by atoms with Crippen LogP contribution in [-0.2, 0) is 24.1 Å². The van der Waals surface area contributed by atoms with Gasteiger partial charge in [-0.05, 0) is 23.8 Å². The molecule has 2 aromatic rings. The fourth-order valence-electron chi connectivity index (χ4n) is 3.08. The number of alkyl halides is 3. The van der Waals surface area contributed by atoms with Crippen LogP contribution in [0, 0.1) is 0 Å². The summed E-state index contributed by atoms with van der Waals surface area (Å²) >= 11 is 0. The number of piperazine rings is 1. The number of hydrogen-bond acceptors (Lipinski definition) is 4. The highest BCUT2D eigenvalue weighted by Gasteiger charge is 2.30. The van der Waals surface area contributed by atoms with Gasteiger partial charge in [0.15, 0.2) is 5.76 Å². The molecule has 1 saturated heterocycles. The van der Waals surface area contributed by atoms with Crippen molar-refractivity contribution in [3.8, 4) is 0 Å². The number of ether oxygens (including phenoxy) is 1. The number of nitrogens with zero attached hydrogens (tertiary/aromatic N) is 2. The molecule has 0 radical (unpaired) electrons. The third-order valence-electron chi connectivity index (χ3n) is 4.48. The van der Waals surface area contributed by atoms with E-state index in [4.69, 9.17) is 9.15 Å². The van der Waals surface area contributed by atoms with Crippen molar-refractivity contribution in [3.05, 3.63) is 59.0 Å². The molecule has 5 nitrogen and oxygen atoms in total. The molecule has 0 saturated carbocycles. The van der Waals surface area contributed by atoms with Crippen LogP contribution in [0.15, 0.2) is 40.8 Å². The van der Waals surface area contributed by atoms with E-state index >= 15 is 0 Å². The van der Waals surface area contributed by atoms with Crippen LogP contribution in [0.1, 0.15) is 27.4 Å². The first kappa shape index (κ1) is 19.4. The number of hydrogen-bond donors (Lipinski definition) is 0. The summed E-state index contributed by atoms with van der Waals surface area (Å²) in [5.41, 5.74) is -0.0293. The summed E-state index contributed by atoms with van der Waals surface area (Å²) in [7, 11) is 1.55. The minimum Gasteiger partial charge on any atom is -0.453 e. The lowest BCUT2D eigenvalue weighted by atomic mass is 10.1. The van der Waals surface area contributed by atoms with Gasteiger partial charge in [0.1, 0.15) is 12.4 Å². The number of carbonyl (C=O) groups is 1. The molecule has 0 aliphatic carbocycles. The van der Waals surface area contributed by atoms with Crippen molar-refractivity contribution in [2.75, 3.05) is 33.3 Å². The van der Waals surface area contributed by atoms with E-state index in [2.05, 4.69) is 0 Å². The van der Waals surface area contributed by atoms with Gasteiger partial charge in [-0.3, -0.25) is 9.69 Å². The molecule has 3 rings (SSSR count). The first-order valence-corrected chi connectivity index (χ1v) is 8.62. The first-order chi connectivity index (χ1) is 12.9. The lowest BCUT2D eigenvalue weighted by Crippen LogP contribution is -2.48. The van der Waals surface area contributed by atoms with Gasteiger partial charge in [0.05, 0.1) is 5.56 Å². The fourth-order valence-corrected chi connectivity index (χ4v) is 3.08. The van der Waals surface area contributed by atoms with Crippen LogP contribution in [-0.4, -0.2) is 49.0 Å². The standard InChI is InChI=1S/C19H21F3N2O3/c1-26-13-16-5-6-17(27-16)18(25)24-9-7-23(8-10-24)12-14-3-2-4-15(11-14)19(20,21)22/h2-6,11H,7-10,12-13H2,1H3. The molecule has 2 heterocycles. The van der Waals surface area contributed by atoms with E-state index in [-0.39, 0.29) is 11.7 Å². The quantitative estimate of drug-likeness (QED) is 0.795. The van der Waals surface area contributed by atoms with Gasteiger partial charge in [0.25, 0.3) is 5.91 Å². The van der Waals surface area contributed by atoms with Gasteiger partial charge in [-0.2, -0.15) is 13.2 Å². The Morgan fingerprint density at radius 2 is 1.89 bits per heavy atom. The predicted molar refractivity (Wildman–Crippen MR) is 92.0 cm³/mol. The zero-order chi connectivity index (χ0) is 19.4.